The van der Waals surface area contributed by atoms with Crippen LogP contribution in [0.1, 0.15) is 72.1 Å². The summed E-state index contributed by atoms with van der Waals surface area (Å²) in [6, 6.07) is 2.33. The molecule has 1 saturated carbocycles. The third-order valence-corrected chi connectivity index (χ3v) is 5.54. The van der Waals surface area contributed by atoms with Crippen molar-refractivity contribution in [3.8, 4) is 0 Å². The molecular formula is C17H34N2. The van der Waals surface area contributed by atoms with Crippen molar-refractivity contribution >= 4 is 0 Å². The molecule has 1 aliphatic carbocycles. The van der Waals surface area contributed by atoms with Gasteiger partial charge in [-0.05, 0) is 70.9 Å². The molecule has 0 spiro atoms. The van der Waals surface area contributed by atoms with E-state index in [4.69, 9.17) is 0 Å². The van der Waals surface area contributed by atoms with Crippen molar-refractivity contribution in [3.63, 3.8) is 0 Å². The van der Waals surface area contributed by atoms with Crippen molar-refractivity contribution in [3.05, 3.63) is 0 Å². The van der Waals surface area contributed by atoms with Gasteiger partial charge in [-0.1, -0.05) is 20.3 Å². The predicted molar refractivity (Wildman–Crippen MR) is 83.5 cm³/mol. The largest absolute Gasteiger partial charge is 0.311 e. The van der Waals surface area contributed by atoms with Crippen molar-refractivity contribution in [2.24, 2.45) is 5.92 Å². The Morgan fingerprint density at radius 2 is 1.58 bits per heavy atom. The first-order valence-corrected chi connectivity index (χ1v) is 8.73. The minimum absolute atomic E-state index is 0.694. The zero-order valence-corrected chi connectivity index (χ0v) is 13.3. The van der Waals surface area contributed by atoms with E-state index in [-0.39, 0.29) is 0 Å². The summed E-state index contributed by atoms with van der Waals surface area (Å²) in [7, 11) is 0. The fourth-order valence-electron chi connectivity index (χ4n) is 3.97. The Hall–Kier alpha value is -0.0800. The van der Waals surface area contributed by atoms with Crippen LogP contribution in [0.3, 0.4) is 0 Å². The summed E-state index contributed by atoms with van der Waals surface area (Å²) in [6.45, 7) is 9.68. The standard InChI is InChI=1S/C17H34N2/c1-4-15-6-8-17(9-7-15)19-12-10-14(3)18-16(5-2)11-13-19/h14-18H,4-13H2,1-3H3. The lowest BCUT2D eigenvalue weighted by Crippen LogP contribution is -2.47. The van der Waals surface area contributed by atoms with Crippen LogP contribution in [0.2, 0.25) is 0 Å². The van der Waals surface area contributed by atoms with Crippen molar-refractivity contribution in [1.82, 2.24) is 10.2 Å². The van der Waals surface area contributed by atoms with E-state index < -0.39 is 0 Å². The molecule has 0 amide bonds. The smallest absolute Gasteiger partial charge is 0.00954 e. The molecule has 2 fully saturated rings. The maximum atomic E-state index is 3.78. The summed E-state index contributed by atoms with van der Waals surface area (Å²) >= 11 is 0. The lowest BCUT2D eigenvalue weighted by Gasteiger charge is -2.40. The van der Waals surface area contributed by atoms with E-state index in [1.807, 2.05) is 0 Å². The summed E-state index contributed by atoms with van der Waals surface area (Å²) < 4.78 is 0. The molecule has 2 rings (SSSR count). The van der Waals surface area contributed by atoms with Crippen LogP contribution in [-0.4, -0.2) is 36.1 Å². The van der Waals surface area contributed by atoms with Crippen LogP contribution in [0, 0.1) is 5.92 Å². The van der Waals surface area contributed by atoms with Crippen molar-refractivity contribution in [1.29, 1.82) is 0 Å². The highest BCUT2D eigenvalue weighted by Gasteiger charge is 2.27. The van der Waals surface area contributed by atoms with Crippen LogP contribution in [-0.2, 0) is 0 Å². The van der Waals surface area contributed by atoms with Crippen molar-refractivity contribution < 1.29 is 0 Å². The minimum atomic E-state index is 0.694. The lowest BCUT2D eigenvalue weighted by molar-refractivity contribution is 0.113. The van der Waals surface area contributed by atoms with Crippen LogP contribution in [0.25, 0.3) is 0 Å². The van der Waals surface area contributed by atoms with Gasteiger partial charge in [0.2, 0.25) is 0 Å². The second kappa shape index (κ2) is 7.64. The molecule has 1 heterocycles. The van der Waals surface area contributed by atoms with Gasteiger partial charge in [0.05, 0.1) is 0 Å². The molecule has 0 radical (unpaired) electrons. The first kappa shape index (κ1) is 15.3. The molecule has 0 aromatic carbocycles. The number of hydrogen-bond donors (Lipinski definition) is 1. The summed E-state index contributed by atoms with van der Waals surface area (Å²) in [5.74, 6) is 1.02. The van der Waals surface area contributed by atoms with E-state index in [1.165, 1.54) is 64.5 Å². The molecule has 1 aliphatic heterocycles. The predicted octanol–water partition coefficient (Wildman–Crippen LogP) is 3.81. The second-order valence-corrected chi connectivity index (χ2v) is 6.87. The summed E-state index contributed by atoms with van der Waals surface area (Å²) in [5, 5.41) is 3.78. The summed E-state index contributed by atoms with van der Waals surface area (Å²) in [6.07, 6.45) is 11.2. The molecule has 0 aromatic rings. The van der Waals surface area contributed by atoms with Gasteiger partial charge < -0.3 is 10.2 Å². The highest BCUT2D eigenvalue weighted by atomic mass is 15.2. The van der Waals surface area contributed by atoms with Gasteiger partial charge in [0.25, 0.3) is 0 Å². The molecule has 2 heteroatoms. The topological polar surface area (TPSA) is 15.3 Å². The molecule has 2 aliphatic rings. The van der Waals surface area contributed by atoms with E-state index >= 15 is 0 Å². The maximum absolute atomic E-state index is 3.78. The van der Waals surface area contributed by atoms with Crippen LogP contribution < -0.4 is 5.32 Å². The van der Waals surface area contributed by atoms with E-state index in [2.05, 4.69) is 31.0 Å². The second-order valence-electron chi connectivity index (χ2n) is 6.87. The first-order chi connectivity index (χ1) is 9.22. The van der Waals surface area contributed by atoms with E-state index in [0.29, 0.717) is 6.04 Å². The Balaban J connectivity index is 1.85. The first-order valence-electron chi connectivity index (χ1n) is 8.73. The van der Waals surface area contributed by atoms with E-state index in [9.17, 15) is 0 Å². The van der Waals surface area contributed by atoms with Crippen LogP contribution in [0.15, 0.2) is 0 Å². The number of nitrogens with zero attached hydrogens (tertiary/aromatic N) is 1. The van der Waals surface area contributed by atoms with Gasteiger partial charge in [-0.25, -0.2) is 0 Å². The highest BCUT2D eigenvalue weighted by molar-refractivity contribution is 4.83. The zero-order valence-electron chi connectivity index (χ0n) is 13.3. The van der Waals surface area contributed by atoms with Crippen molar-refractivity contribution in [2.75, 3.05) is 13.1 Å². The van der Waals surface area contributed by atoms with Gasteiger partial charge in [0.15, 0.2) is 0 Å². The average molecular weight is 266 g/mol. The molecule has 0 aromatic heterocycles. The molecule has 2 nitrogen and oxygen atoms in total. The van der Waals surface area contributed by atoms with Gasteiger partial charge in [0.1, 0.15) is 0 Å². The SMILES string of the molecule is CCC1CCC(N2CCC(C)NC(CC)CC2)CC1. The Kier molecular flexibility index (Phi) is 6.15. The molecule has 2 atom stereocenters. The molecular weight excluding hydrogens is 232 g/mol. The Morgan fingerprint density at radius 1 is 0.895 bits per heavy atom. The Labute approximate surface area is 120 Å². The molecule has 1 N–H and O–H groups in total. The molecule has 1 saturated heterocycles. The van der Waals surface area contributed by atoms with Crippen LogP contribution >= 0.6 is 0 Å². The summed E-state index contributed by atoms with van der Waals surface area (Å²) in [4.78, 5) is 2.83. The van der Waals surface area contributed by atoms with Crippen LogP contribution in [0.4, 0.5) is 0 Å². The van der Waals surface area contributed by atoms with E-state index in [1.54, 1.807) is 0 Å². The lowest BCUT2D eigenvalue weighted by atomic mass is 9.83. The summed E-state index contributed by atoms with van der Waals surface area (Å²) in [5.41, 5.74) is 0. The van der Waals surface area contributed by atoms with E-state index in [0.717, 1.165) is 18.0 Å². The number of rotatable bonds is 3. The van der Waals surface area contributed by atoms with Crippen molar-refractivity contribution in [2.45, 2.75) is 90.3 Å². The van der Waals surface area contributed by atoms with Crippen LogP contribution in [0.5, 0.6) is 0 Å². The van der Waals surface area contributed by atoms with Gasteiger partial charge in [-0.15, -0.1) is 0 Å². The fraction of sp³-hybridized carbons (Fsp3) is 1.00. The highest BCUT2D eigenvalue weighted by Crippen LogP contribution is 2.30. The van der Waals surface area contributed by atoms with Gasteiger partial charge >= 0.3 is 0 Å². The third kappa shape index (κ3) is 4.46. The quantitative estimate of drug-likeness (QED) is 0.835. The third-order valence-electron chi connectivity index (χ3n) is 5.54. The molecule has 112 valence electrons. The Morgan fingerprint density at radius 3 is 2.21 bits per heavy atom. The zero-order chi connectivity index (χ0) is 13.7. The van der Waals surface area contributed by atoms with Gasteiger partial charge in [-0.3, -0.25) is 0 Å². The monoisotopic (exact) mass is 266 g/mol. The normalized spacial score (nSPS) is 38.7. The number of nitrogens with one attached hydrogen (secondary N) is 1. The average Bonchev–Trinajstić information content (AvgIpc) is 2.43. The minimum Gasteiger partial charge on any atom is -0.311 e. The Bertz CT molecular complexity index is 246. The molecule has 2 unspecified atom stereocenters. The maximum Gasteiger partial charge on any atom is 0.00954 e. The molecule has 0 bridgehead atoms. The number of hydrogen-bond acceptors (Lipinski definition) is 2. The fourth-order valence-corrected chi connectivity index (χ4v) is 3.97. The van der Waals surface area contributed by atoms with Gasteiger partial charge in [-0.2, -0.15) is 0 Å². The molecule has 19 heavy (non-hydrogen) atoms. The van der Waals surface area contributed by atoms with Gasteiger partial charge in [0, 0.05) is 18.1 Å².